The fourth-order valence-corrected chi connectivity index (χ4v) is 5.96. The predicted molar refractivity (Wildman–Crippen MR) is 154 cm³/mol. The molecule has 0 fully saturated rings. The lowest BCUT2D eigenvalue weighted by Gasteiger charge is -2.13. The van der Waals surface area contributed by atoms with E-state index in [-0.39, 0.29) is 16.3 Å². The van der Waals surface area contributed by atoms with E-state index in [0.717, 1.165) is 45.9 Å². The van der Waals surface area contributed by atoms with E-state index in [9.17, 15) is 14.7 Å². The van der Waals surface area contributed by atoms with Crippen molar-refractivity contribution in [2.75, 3.05) is 5.75 Å². The van der Waals surface area contributed by atoms with Gasteiger partial charge in [0.2, 0.25) is 5.88 Å². The Balaban J connectivity index is 1.40. The largest absolute Gasteiger partial charge is 0.493 e. The number of benzene rings is 2. The van der Waals surface area contributed by atoms with E-state index < -0.39 is 0 Å². The topological polar surface area (TPSA) is 106 Å². The maximum Gasteiger partial charge on any atom is 0.307 e. The summed E-state index contributed by atoms with van der Waals surface area (Å²) in [5, 5.41) is 14.5. The molecule has 0 saturated heterocycles. The minimum atomic E-state index is -0.323. The van der Waals surface area contributed by atoms with Gasteiger partial charge in [0.25, 0.3) is 5.56 Å². The van der Waals surface area contributed by atoms with Crippen molar-refractivity contribution in [1.29, 1.82) is 0 Å². The molecule has 10 heteroatoms. The van der Waals surface area contributed by atoms with Crippen molar-refractivity contribution in [1.82, 2.24) is 24.3 Å². The number of nitrogens with one attached hydrogen (secondary N) is 1. The summed E-state index contributed by atoms with van der Waals surface area (Å²) in [6.07, 6.45) is 1.69. The number of thioether (sulfide) groups is 1. The molecule has 0 unspecified atom stereocenters. The zero-order valence-corrected chi connectivity index (χ0v) is 22.7. The molecule has 8 nitrogen and oxygen atoms in total. The van der Waals surface area contributed by atoms with Gasteiger partial charge in [0.05, 0.1) is 10.6 Å². The van der Waals surface area contributed by atoms with E-state index in [1.807, 2.05) is 54.6 Å². The molecule has 2 aromatic carbocycles. The first kappa shape index (κ1) is 25.7. The molecule has 5 rings (SSSR count). The van der Waals surface area contributed by atoms with Crippen molar-refractivity contribution < 1.29 is 5.11 Å². The summed E-state index contributed by atoms with van der Waals surface area (Å²) < 4.78 is 3.40. The number of thiazole rings is 1. The second kappa shape index (κ2) is 10.8. The molecule has 0 amide bonds. The summed E-state index contributed by atoms with van der Waals surface area (Å²) >= 11 is 2.56. The summed E-state index contributed by atoms with van der Waals surface area (Å²) in [6.45, 7) is 6.59. The molecule has 0 saturated carbocycles. The lowest BCUT2D eigenvalue weighted by Crippen LogP contribution is -2.25. The van der Waals surface area contributed by atoms with Gasteiger partial charge in [-0.2, -0.15) is 5.10 Å². The second-order valence-corrected chi connectivity index (χ2v) is 11.0. The molecule has 0 aliphatic carbocycles. The highest BCUT2D eigenvalue weighted by atomic mass is 32.2. The average molecular weight is 546 g/mol. The van der Waals surface area contributed by atoms with Gasteiger partial charge in [-0.05, 0) is 29.7 Å². The average Bonchev–Trinajstić information content (AvgIpc) is 3.43. The number of H-pyrrole nitrogens is 1. The molecule has 2 N–H and O–H groups in total. The number of aromatic nitrogens is 5. The number of aromatic hydroxyl groups is 1. The molecule has 0 radical (unpaired) electrons. The van der Waals surface area contributed by atoms with Crippen molar-refractivity contribution in [3.05, 3.63) is 97.3 Å². The van der Waals surface area contributed by atoms with Gasteiger partial charge in [0, 0.05) is 29.8 Å². The van der Waals surface area contributed by atoms with Crippen LogP contribution in [0.25, 0.3) is 28.0 Å². The molecule has 38 heavy (non-hydrogen) atoms. The first-order valence-corrected chi connectivity index (χ1v) is 14.0. The number of nitrogens with zero attached hydrogens (tertiary/aromatic N) is 4. The van der Waals surface area contributed by atoms with Gasteiger partial charge in [-0.25, -0.2) is 4.98 Å². The third-order valence-corrected chi connectivity index (χ3v) is 8.15. The molecule has 0 spiro atoms. The second-order valence-electron chi connectivity index (χ2n) is 8.82. The standard InChI is InChI=1S/C28H27N5O3S2/c1-4-8-21-22-23(32(3)31-21)27(35)33(25(29-22)19-9-6-5-7-10-19)15-16-37-20-13-11-18(12-14-20)17(2)24-26(34)30-28(36)38-24/h5-7,9-14,34H,2,4,8,15-16H2,1,3H3,(H,30,36). The Morgan fingerprint density at radius 1 is 1.13 bits per heavy atom. The zero-order valence-electron chi connectivity index (χ0n) is 21.1. The number of rotatable bonds is 9. The van der Waals surface area contributed by atoms with Crippen LogP contribution in [0.1, 0.15) is 29.5 Å². The highest BCUT2D eigenvalue weighted by Crippen LogP contribution is 2.31. The molecule has 3 aromatic heterocycles. The Kier molecular flexibility index (Phi) is 7.35. The Labute approximate surface area is 227 Å². The monoisotopic (exact) mass is 545 g/mol. The molecule has 0 bridgehead atoms. The first-order chi connectivity index (χ1) is 18.4. The Hall–Kier alpha value is -3.89. The van der Waals surface area contributed by atoms with E-state index in [1.54, 1.807) is 28.1 Å². The van der Waals surface area contributed by atoms with Crippen LogP contribution in [-0.2, 0) is 20.0 Å². The van der Waals surface area contributed by atoms with Crippen LogP contribution in [0.2, 0.25) is 0 Å². The third kappa shape index (κ3) is 4.97. The van der Waals surface area contributed by atoms with Crippen LogP contribution in [0.4, 0.5) is 0 Å². The van der Waals surface area contributed by atoms with Crippen LogP contribution in [0.15, 0.2) is 75.7 Å². The highest BCUT2D eigenvalue weighted by molar-refractivity contribution is 7.99. The summed E-state index contributed by atoms with van der Waals surface area (Å²) in [6, 6.07) is 17.5. The van der Waals surface area contributed by atoms with Crippen LogP contribution in [-0.4, -0.2) is 35.2 Å². The maximum absolute atomic E-state index is 13.7. The molecule has 5 aromatic rings. The summed E-state index contributed by atoms with van der Waals surface area (Å²) in [7, 11) is 1.80. The van der Waals surface area contributed by atoms with Gasteiger partial charge < -0.3 is 5.11 Å². The third-order valence-electron chi connectivity index (χ3n) is 6.22. The lowest BCUT2D eigenvalue weighted by molar-refractivity contribution is 0.455. The number of fused-ring (bicyclic) bond motifs is 1. The normalized spacial score (nSPS) is 11.3. The molecule has 0 atom stereocenters. The molecular weight excluding hydrogens is 518 g/mol. The van der Waals surface area contributed by atoms with E-state index in [0.29, 0.717) is 39.6 Å². The lowest BCUT2D eigenvalue weighted by atomic mass is 10.1. The highest BCUT2D eigenvalue weighted by Gasteiger charge is 2.19. The van der Waals surface area contributed by atoms with Crippen LogP contribution in [0.3, 0.4) is 0 Å². The van der Waals surface area contributed by atoms with E-state index >= 15 is 0 Å². The number of aromatic amines is 1. The number of hydrogen-bond acceptors (Lipinski definition) is 7. The Bertz CT molecular complexity index is 1730. The van der Waals surface area contributed by atoms with Crippen molar-refractivity contribution in [3.8, 4) is 17.3 Å². The molecule has 0 aliphatic rings. The van der Waals surface area contributed by atoms with Crippen molar-refractivity contribution in [2.24, 2.45) is 7.05 Å². The van der Waals surface area contributed by atoms with E-state index in [1.165, 1.54) is 0 Å². The number of hydrogen-bond donors (Lipinski definition) is 2. The zero-order chi connectivity index (χ0) is 26.8. The number of aryl methyl sites for hydroxylation is 2. The predicted octanol–water partition coefficient (Wildman–Crippen LogP) is 5.06. The molecule has 3 heterocycles. The quantitative estimate of drug-likeness (QED) is 0.251. The first-order valence-electron chi connectivity index (χ1n) is 12.2. The van der Waals surface area contributed by atoms with Gasteiger partial charge in [-0.3, -0.25) is 23.8 Å². The summed E-state index contributed by atoms with van der Waals surface area (Å²) in [5.41, 5.74) is 4.25. The van der Waals surface area contributed by atoms with Crippen molar-refractivity contribution >= 4 is 39.7 Å². The Morgan fingerprint density at radius 3 is 2.53 bits per heavy atom. The minimum Gasteiger partial charge on any atom is -0.493 e. The van der Waals surface area contributed by atoms with Gasteiger partial charge in [0.15, 0.2) is 5.52 Å². The van der Waals surface area contributed by atoms with Crippen molar-refractivity contribution in [3.63, 3.8) is 0 Å². The van der Waals surface area contributed by atoms with Gasteiger partial charge in [0.1, 0.15) is 11.3 Å². The Morgan fingerprint density at radius 2 is 1.87 bits per heavy atom. The fourth-order valence-electron chi connectivity index (χ4n) is 4.40. The van der Waals surface area contributed by atoms with E-state index in [2.05, 4.69) is 23.6 Å². The minimum absolute atomic E-state index is 0.0937. The SMILES string of the molecule is C=C(c1ccc(SCCn2c(-c3ccccc3)nc3c(CCC)nn(C)c3c2=O)cc1)c1sc(=O)[nH]c1O. The molecular formula is C28H27N5O3S2. The molecule has 194 valence electrons. The molecule has 0 aliphatic heterocycles. The van der Waals surface area contributed by atoms with Gasteiger partial charge >= 0.3 is 4.87 Å². The van der Waals surface area contributed by atoms with Crippen LogP contribution in [0.5, 0.6) is 5.88 Å². The summed E-state index contributed by atoms with van der Waals surface area (Å²) in [4.78, 5) is 33.7. The summed E-state index contributed by atoms with van der Waals surface area (Å²) in [5.74, 6) is 1.14. The maximum atomic E-state index is 13.7. The fraction of sp³-hybridized carbons (Fsp3) is 0.214. The van der Waals surface area contributed by atoms with E-state index in [4.69, 9.17) is 4.98 Å². The van der Waals surface area contributed by atoms with Crippen LogP contribution >= 0.6 is 23.1 Å². The van der Waals surface area contributed by atoms with Crippen molar-refractivity contribution in [2.45, 2.75) is 31.2 Å². The smallest absolute Gasteiger partial charge is 0.307 e. The van der Waals surface area contributed by atoms with Crippen LogP contribution < -0.4 is 10.4 Å². The van der Waals surface area contributed by atoms with Gasteiger partial charge in [-0.15, -0.1) is 11.8 Å². The van der Waals surface area contributed by atoms with Crippen LogP contribution in [0, 0.1) is 0 Å². The van der Waals surface area contributed by atoms with Gasteiger partial charge in [-0.1, -0.05) is 73.7 Å².